The number of benzene rings is 3. The number of carbonyl (C=O) groups is 1. The predicted molar refractivity (Wildman–Crippen MR) is 98.8 cm³/mol. The van der Waals surface area contributed by atoms with Crippen LogP contribution >= 0.6 is 0 Å². The maximum absolute atomic E-state index is 12.2. The molecule has 0 aromatic heterocycles. The smallest absolute Gasteiger partial charge is 0.341 e. The maximum atomic E-state index is 12.2. The molecule has 0 bridgehead atoms. The number of carbonyl (C=O) groups excluding carboxylic acids is 1. The Bertz CT molecular complexity index is 906. The Morgan fingerprint density at radius 3 is 2.21 bits per heavy atom. The van der Waals surface area contributed by atoms with E-state index < -0.39 is 0 Å². The second-order valence-corrected chi connectivity index (χ2v) is 5.76. The highest BCUT2D eigenvalue weighted by Crippen LogP contribution is 2.29. The van der Waals surface area contributed by atoms with E-state index in [1.165, 1.54) is 0 Å². The van der Waals surface area contributed by atoms with Crippen molar-refractivity contribution in [2.24, 2.45) is 0 Å². The molecular formula is C22H20O2. The Hall–Kier alpha value is -2.83. The molecule has 3 aromatic rings. The van der Waals surface area contributed by atoms with E-state index in [0.717, 1.165) is 33.5 Å². The van der Waals surface area contributed by atoms with E-state index in [1.807, 2.05) is 37.3 Å². The standard InChI is InChI=1S/C22H20O2/c1-3-4-9-16(2)22(23)24-15-21-19-12-7-5-10-17(19)14-18-11-6-8-13-20(18)21/h4-8,10-14H,3,15H2,1-2H3. The number of esters is 1. The predicted octanol–water partition coefficient (Wildman–Crippen LogP) is 5.55. The summed E-state index contributed by atoms with van der Waals surface area (Å²) in [5.74, 6) is -0.322. The molecule has 3 aromatic carbocycles. The van der Waals surface area contributed by atoms with Crippen molar-refractivity contribution in [3.63, 3.8) is 0 Å². The summed E-state index contributed by atoms with van der Waals surface area (Å²) >= 11 is 0. The molecule has 0 aliphatic carbocycles. The summed E-state index contributed by atoms with van der Waals surface area (Å²) in [6.07, 6.45) is 2.68. The van der Waals surface area contributed by atoms with Gasteiger partial charge in [0, 0.05) is 5.56 Å². The Morgan fingerprint density at radius 2 is 1.62 bits per heavy atom. The molecule has 120 valence electrons. The Kier molecular flexibility index (Phi) is 4.79. The number of fused-ring (bicyclic) bond motifs is 2. The number of hydrogen-bond acceptors (Lipinski definition) is 2. The highest BCUT2D eigenvalue weighted by Gasteiger charge is 2.11. The fraction of sp³-hybridized carbons (Fsp3) is 0.182. The monoisotopic (exact) mass is 316 g/mol. The molecule has 0 saturated heterocycles. The number of ether oxygens (including phenoxy) is 1. The van der Waals surface area contributed by atoms with E-state index >= 15 is 0 Å². The van der Waals surface area contributed by atoms with E-state index in [2.05, 4.69) is 36.1 Å². The largest absolute Gasteiger partial charge is 0.457 e. The molecule has 3 rings (SSSR count). The van der Waals surface area contributed by atoms with Crippen molar-refractivity contribution >= 4 is 27.5 Å². The molecular weight excluding hydrogens is 296 g/mol. The lowest BCUT2D eigenvalue weighted by Gasteiger charge is -2.12. The van der Waals surface area contributed by atoms with Crippen LogP contribution in [0.1, 0.15) is 25.8 Å². The first kappa shape index (κ1) is 16.0. The first-order chi connectivity index (χ1) is 11.7. The van der Waals surface area contributed by atoms with Gasteiger partial charge < -0.3 is 4.74 Å². The van der Waals surface area contributed by atoms with Crippen molar-refractivity contribution in [2.45, 2.75) is 26.9 Å². The molecule has 0 unspecified atom stereocenters. The van der Waals surface area contributed by atoms with Crippen LogP contribution in [0.4, 0.5) is 0 Å². The van der Waals surface area contributed by atoms with Gasteiger partial charge in [-0.05, 0) is 47.0 Å². The van der Waals surface area contributed by atoms with Crippen LogP contribution in [0.3, 0.4) is 0 Å². The molecule has 2 heteroatoms. The van der Waals surface area contributed by atoms with Crippen LogP contribution < -0.4 is 0 Å². The summed E-state index contributed by atoms with van der Waals surface area (Å²) in [6.45, 7) is 4.00. The van der Waals surface area contributed by atoms with E-state index in [4.69, 9.17) is 4.74 Å². The average molecular weight is 316 g/mol. The third-order valence-electron chi connectivity index (χ3n) is 4.06. The summed E-state index contributed by atoms with van der Waals surface area (Å²) < 4.78 is 5.54. The molecule has 0 aliphatic rings. The lowest BCUT2D eigenvalue weighted by Crippen LogP contribution is -2.06. The first-order valence-electron chi connectivity index (χ1n) is 8.19. The number of rotatable bonds is 4. The van der Waals surface area contributed by atoms with Crippen LogP contribution in [0.5, 0.6) is 0 Å². The fourth-order valence-electron chi connectivity index (χ4n) is 2.82. The summed E-state index contributed by atoms with van der Waals surface area (Å²) in [5.41, 5.74) is 4.51. The van der Waals surface area contributed by atoms with Gasteiger partial charge in [-0.2, -0.15) is 0 Å². The van der Waals surface area contributed by atoms with Gasteiger partial charge in [0.15, 0.2) is 0 Å². The second-order valence-electron chi connectivity index (χ2n) is 5.76. The molecule has 0 spiro atoms. The Morgan fingerprint density at radius 1 is 1.04 bits per heavy atom. The normalized spacial score (nSPS) is 10.4. The summed E-state index contributed by atoms with van der Waals surface area (Å²) in [6, 6.07) is 18.6. The molecule has 24 heavy (non-hydrogen) atoms. The zero-order valence-corrected chi connectivity index (χ0v) is 14.0. The van der Waals surface area contributed by atoms with Gasteiger partial charge >= 0.3 is 5.97 Å². The molecule has 0 radical (unpaired) electrons. The van der Waals surface area contributed by atoms with Crippen LogP contribution in [0.2, 0.25) is 0 Å². The van der Waals surface area contributed by atoms with Crippen LogP contribution in [0, 0.1) is 0 Å². The van der Waals surface area contributed by atoms with E-state index in [9.17, 15) is 4.79 Å². The topological polar surface area (TPSA) is 26.3 Å². The molecule has 2 nitrogen and oxygen atoms in total. The van der Waals surface area contributed by atoms with Crippen molar-refractivity contribution < 1.29 is 9.53 Å². The summed E-state index contributed by atoms with van der Waals surface area (Å²) in [5, 5.41) is 4.55. The Balaban J connectivity index is 2.01. The maximum Gasteiger partial charge on any atom is 0.341 e. The van der Waals surface area contributed by atoms with Crippen LogP contribution in [-0.2, 0) is 16.1 Å². The van der Waals surface area contributed by atoms with E-state index in [1.54, 1.807) is 6.92 Å². The first-order valence-corrected chi connectivity index (χ1v) is 8.19. The molecule has 0 amide bonds. The van der Waals surface area contributed by atoms with Crippen LogP contribution in [0.15, 0.2) is 72.0 Å². The van der Waals surface area contributed by atoms with Gasteiger partial charge in [-0.25, -0.2) is 4.79 Å². The summed E-state index contributed by atoms with van der Waals surface area (Å²) in [7, 11) is 0. The molecule has 0 heterocycles. The van der Waals surface area contributed by atoms with Crippen molar-refractivity contribution in [1.82, 2.24) is 0 Å². The molecule has 0 N–H and O–H groups in total. The zero-order chi connectivity index (χ0) is 16.9. The van der Waals surface area contributed by atoms with Gasteiger partial charge in [0.1, 0.15) is 6.61 Å². The number of hydrogen-bond donors (Lipinski definition) is 0. The van der Waals surface area contributed by atoms with Crippen molar-refractivity contribution in [3.05, 3.63) is 77.5 Å². The zero-order valence-electron chi connectivity index (χ0n) is 14.0. The van der Waals surface area contributed by atoms with Gasteiger partial charge in [0.2, 0.25) is 0 Å². The van der Waals surface area contributed by atoms with Crippen molar-refractivity contribution in [2.75, 3.05) is 0 Å². The van der Waals surface area contributed by atoms with Gasteiger partial charge in [-0.3, -0.25) is 0 Å². The minimum Gasteiger partial charge on any atom is -0.457 e. The quantitative estimate of drug-likeness (QED) is 0.273. The van der Waals surface area contributed by atoms with Gasteiger partial charge in [-0.1, -0.05) is 55.5 Å². The van der Waals surface area contributed by atoms with Gasteiger partial charge in [0.25, 0.3) is 0 Å². The minimum absolute atomic E-state index is 0.256. The van der Waals surface area contributed by atoms with E-state index in [-0.39, 0.29) is 12.6 Å². The van der Waals surface area contributed by atoms with Crippen molar-refractivity contribution in [1.29, 1.82) is 0 Å². The molecule has 0 saturated carbocycles. The average Bonchev–Trinajstić information content (AvgIpc) is 2.62. The lowest BCUT2D eigenvalue weighted by molar-refractivity contribution is -0.140. The summed E-state index contributed by atoms with van der Waals surface area (Å²) in [4.78, 5) is 12.2. The van der Waals surface area contributed by atoms with Crippen molar-refractivity contribution in [3.8, 4) is 0 Å². The third kappa shape index (κ3) is 3.24. The third-order valence-corrected chi connectivity index (χ3v) is 4.06. The highest BCUT2D eigenvalue weighted by atomic mass is 16.5. The SMILES string of the molecule is CCC=C=C(C)C(=O)OCc1c2ccccc2cc2ccccc12. The highest BCUT2D eigenvalue weighted by molar-refractivity contribution is 6.02. The van der Waals surface area contributed by atoms with Gasteiger partial charge in [0.05, 0.1) is 5.57 Å². The van der Waals surface area contributed by atoms with Crippen LogP contribution in [0.25, 0.3) is 21.5 Å². The van der Waals surface area contributed by atoms with Crippen LogP contribution in [-0.4, -0.2) is 5.97 Å². The molecule has 0 fully saturated rings. The lowest BCUT2D eigenvalue weighted by atomic mass is 9.97. The molecule has 0 atom stereocenters. The fourth-order valence-corrected chi connectivity index (χ4v) is 2.82. The van der Waals surface area contributed by atoms with E-state index in [0.29, 0.717) is 5.57 Å². The van der Waals surface area contributed by atoms with Gasteiger partial charge in [-0.15, -0.1) is 5.73 Å². The Labute approximate surface area is 142 Å². The molecule has 0 aliphatic heterocycles. The minimum atomic E-state index is -0.322. The second kappa shape index (κ2) is 7.16.